The van der Waals surface area contributed by atoms with Gasteiger partial charge in [0.15, 0.2) is 5.78 Å². The molecule has 0 aliphatic rings. The predicted octanol–water partition coefficient (Wildman–Crippen LogP) is 5.12. The van der Waals surface area contributed by atoms with Crippen LogP contribution < -0.4 is 0 Å². The van der Waals surface area contributed by atoms with E-state index in [2.05, 4.69) is 35.8 Å². The molecule has 20 heavy (non-hydrogen) atoms. The van der Waals surface area contributed by atoms with Crippen molar-refractivity contribution in [1.82, 2.24) is 0 Å². The second-order valence-corrected chi connectivity index (χ2v) is 7.31. The molecule has 1 unspecified atom stereocenters. The number of hydrogen-bond acceptors (Lipinski definition) is 3. The maximum Gasteiger partial charge on any atom is 0.194 e. The minimum atomic E-state index is -0.734. The molecule has 102 valence electrons. The van der Waals surface area contributed by atoms with Crippen LogP contribution in [-0.4, -0.2) is 5.78 Å². The van der Waals surface area contributed by atoms with Gasteiger partial charge in [0.05, 0.1) is 14.7 Å². The molecule has 0 fully saturated rings. The SMILES string of the molecule is CC(C)c1ccc(C(C#N)C(=O)c2ccc(Br)s2)cc1. The number of rotatable bonds is 4. The van der Waals surface area contributed by atoms with E-state index in [1.54, 1.807) is 6.07 Å². The lowest BCUT2D eigenvalue weighted by Crippen LogP contribution is -2.09. The van der Waals surface area contributed by atoms with Crippen molar-refractivity contribution in [1.29, 1.82) is 5.26 Å². The molecule has 1 aromatic carbocycles. The van der Waals surface area contributed by atoms with Crippen LogP contribution in [0.25, 0.3) is 0 Å². The molecule has 2 rings (SSSR count). The van der Waals surface area contributed by atoms with Gasteiger partial charge in [0, 0.05) is 0 Å². The van der Waals surface area contributed by atoms with E-state index in [9.17, 15) is 10.1 Å². The van der Waals surface area contributed by atoms with Crippen molar-refractivity contribution in [2.75, 3.05) is 0 Å². The Bertz CT molecular complexity index is 652. The number of thiophene rings is 1. The third-order valence-corrected chi connectivity index (χ3v) is 4.78. The van der Waals surface area contributed by atoms with E-state index in [-0.39, 0.29) is 5.78 Å². The molecule has 0 radical (unpaired) electrons. The van der Waals surface area contributed by atoms with Crippen LogP contribution in [0.15, 0.2) is 40.2 Å². The Hall–Kier alpha value is -1.44. The normalized spacial score (nSPS) is 12.2. The number of nitriles is 1. The largest absolute Gasteiger partial charge is 0.291 e. The lowest BCUT2D eigenvalue weighted by atomic mass is 9.92. The fraction of sp³-hybridized carbons (Fsp3) is 0.250. The van der Waals surface area contributed by atoms with Gasteiger partial charge >= 0.3 is 0 Å². The van der Waals surface area contributed by atoms with Crippen LogP contribution >= 0.6 is 27.3 Å². The quantitative estimate of drug-likeness (QED) is 0.719. The van der Waals surface area contributed by atoms with E-state index in [0.29, 0.717) is 10.8 Å². The summed E-state index contributed by atoms with van der Waals surface area (Å²) in [6.45, 7) is 4.23. The summed E-state index contributed by atoms with van der Waals surface area (Å²) in [6.07, 6.45) is 0. The minimum absolute atomic E-state index is 0.138. The number of benzene rings is 1. The van der Waals surface area contributed by atoms with E-state index in [0.717, 1.165) is 9.35 Å². The summed E-state index contributed by atoms with van der Waals surface area (Å²) >= 11 is 4.69. The first kappa shape index (κ1) is 15.0. The highest BCUT2D eigenvalue weighted by Crippen LogP contribution is 2.28. The van der Waals surface area contributed by atoms with Crippen molar-refractivity contribution in [2.24, 2.45) is 0 Å². The summed E-state index contributed by atoms with van der Waals surface area (Å²) in [5, 5.41) is 9.32. The molecule has 1 atom stereocenters. The summed E-state index contributed by atoms with van der Waals surface area (Å²) in [5.41, 5.74) is 1.96. The second-order valence-electron chi connectivity index (χ2n) is 4.85. The van der Waals surface area contributed by atoms with Crippen molar-refractivity contribution in [3.05, 3.63) is 56.2 Å². The first-order chi connectivity index (χ1) is 9.52. The molecule has 0 aliphatic heterocycles. The van der Waals surface area contributed by atoms with Crippen LogP contribution in [0.2, 0.25) is 0 Å². The average molecular weight is 348 g/mol. The van der Waals surface area contributed by atoms with E-state index < -0.39 is 5.92 Å². The number of carbonyl (C=O) groups is 1. The van der Waals surface area contributed by atoms with Gasteiger partial charge in [0.25, 0.3) is 0 Å². The van der Waals surface area contributed by atoms with Crippen LogP contribution in [0.1, 0.15) is 46.5 Å². The molecular formula is C16H14BrNOS. The van der Waals surface area contributed by atoms with E-state index >= 15 is 0 Å². The molecule has 0 aliphatic carbocycles. The second kappa shape index (κ2) is 6.34. The number of halogens is 1. The third kappa shape index (κ3) is 3.17. The zero-order chi connectivity index (χ0) is 14.7. The number of ketones is 1. The summed E-state index contributed by atoms with van der Waals surface area (Å²) < 4.78 is 0.896. The fourth-order valence-electron chi connectivity index (χ4n) is 1.95. The van der Waals surface area contributed by atoms with Gasteiger partial charge < -0.3 is 0 Å². The van der Waals surface area contributed by atoms with Gasteiger partial charge in [-0.2, -0.15) is 5.26 Å². The smallest absolute Gasteiger partial charge is 0.194 e. The average Bonchev–Trinajstić information content (AvgIpc) is 2.86. The van der Waals surface area contributed by atoms with Crippen molar-refractivity contribution in [2.45, 2.75) is 25.7 Å². The van der Waals surface area contributed by atoms with Gasteiger partial charge in [-0.05, 0) is 45.1 Å². The monoisotopic (exact) mass is 347 g/mol. The first-order valence-electron chi connectivity index (χ1n) is 6.32. The molecule has 1 aromatic heterocycles. The summed E-state index contributed by atoms with van der Waals surface area (Å²) in [7, 11) is 0. The van der Waals surface area contributed by atoms with Gasteiger partial charge in [-0.3, -0.25) is 4.79 Å². The molecule has 2 nitrogen and oxygen atoms in total. The van der Waals surface area contributed by atoms with Gasteiger partial charge in [-0.1, -0.05) is 38.1 Å². The Balaban J connectivity index is 2.28. The van der Waals surface area contributed by atoms with Crippen molar-refractivity contribution < 1.29 is 4.79 Å². The maximum absolute atomic E-state index is 12.4. The van der Waals surface area contributed by atoms with Crippen LogP contribution in [-0.2, 0) is 0 Å². The van der Waals surface area contributed by atoms with Crippen molar-refractivity contribution in [3.8, 4) is 6.07 Å². The summed E-state index contributed by atoms with van der Waals surface area (Å²) in [5.74, 6) is -0.434. The van der Waals surface area contributed by atoms with E-state index in [1.165, 1.54) is 16.9 Å². The first-order valence-corrected chi connectivity index (χ1v) is 7.93. The van der Waals surface area contributed by atoms with E-state index in [1.807, 2.05) is 30.3 Å². The van der Waals surface area contributed by atoms with Crippen LogP contribution in [0.3, 0.4) is 0 Å². The van der Waals surface area contributed by atoms with Crippen molar-refractivity contribution in [3.63, 3.8) is 0 Å². The van der Waals surface area contributed by atoms with Crippen LogP contribution in [0, 0.1) is 11.3 Å². The molecule has 0 saturated carbocycles. The molecule has 0 amide bonds. The molecule has 0 bridgehead atoms. The maximum atomic E-state index is 12.4. The van der Waals surface area contributed by atoms with E-state index in [4.69, 9.17) is 0 Å². The molecule has 0 spiro atoms. The topological polar surface area (TPSA) is 40.9 Å². The number of carbonyl (C=O) groups excluding carboxylic acids is 1. The minimum Gasteiger partial charge on any atom is -0.291 e. The number of hydrogen-bond donors (Lipinski definition) is 0. The highest BCUT2D eigenvalue weighted by molar-refractivity contribution is 9.11. The van der Waals surface area contributed by atoms with Gasteiger partial charge in [-0.25, -0.2) is 0 Å². The lowest BCUT2D eigenvalue weighted by molar-refractivity contribution is 0.0983. The molecule has 0 N–H and O–H groups in total. The highest BCUT2D eigenvalue weighted by atomic mass is 79.9. The Morgan fingerprint density at radius 1 is 1.15 bits per heavy atom. The number of Topliss-reactive ketones (excluding diaryl/α,β-unsaturated/α-hetero) is 1. The van der Waals surface area contributed by atoms with Crippen LogP contribution in [0.5, 0.6) is 0 Å². The molecule has 4 heteroatoms. The zero-order valence-corrected chi connectivity index (χ0v) is 13.7. The zero-order valence-electron chi connectivity index (χ0n) is 11.3. The molecule has 2 aromatic rings. The Morgan fingerprint density at radius 2 is 1.75 bits per heavy atom. The van der Waals surface area contributed by atoms with Gasteiger partial charge in [0.2, 0.25) is 0 Å². The summed E-state index contributed by atoms with van der Waals surface area (Å²) in [4.78, 5) is 13.0. The standard InChI is InChI=1S/C16H14BrNOS/c1-10(2)11-3-5-12(6-4-11)13(9-18)16(19)14-7-8-15(17)20-14/h3-8,10,13H,1-2H3. The Morgan fingerprint density at radius 3 is 2.20 bits per heavy atom. The highest BCUT2D eigenvalue weighted by Gasteiger charge is 2.23. The molecule has 1 heterocycles. The van der Waals surface area contributed by atoms with Crippen molar-refractivity contribution >= 4 is 33.0 Å². The fourth-order valence-corrected chi connectivity index (χ4v) is 3.30. The van der Waals surface area contributed by atoms with Gasteiger partial charge in [-0.15, -0.1) is 11.3 Å². The Labute approximate surface area is 131 Å². The molecular weight excluding hydrogens is 334 g/mol. The molecule has 0 saturated heterocycles. The predicted molar refractivity (Wildman–Crippen MR) is 85.2 cm³/mol. The van der Waals surface area contributed by atoms with Gasteiger partial charge in [0.1, 0.15) is 5.92 Å². The van der Waals surface area contributed by atoms with Crippen LogP contribution in [0.4, 0.5) is 0 Å². The Kier molecular flexibility index (Phi) is 4.74. The lowest BCUT2D eigenvalue weighted by Gasteiger charge is -2.10. The summed E-state index contributed by atoms with van der Waals surface area (Å²) in [6, 6.07) is 13.4. The third-order valence-electron chi connectivity index (χ3n) is 3.14. The number of nitrogens with zero attached hydrogens (tertiary/aromatic N) is 1.